The van der Waals surface area contributed by atoms with E-state index in [-0.39, 0.29) is 12.3 Å². The number of hydrogen-bond donors (Lipinski definition) is 0. The lowest BCUT2D eigenvalue weighted by Gasteiger charge is -2.04. The quantitative estimate of drug-likeness (QED) is 0.304. The van der Waals surface area contributed by atoms with Gasteiger partial charge in [0.15, 0.2) is 0 Å². The van der Waals surface area contributed by atoms with E-state index >= 15 is 0 Å². The van der Waals surface area contributed by atoms with Crippen LogP contribution in [0.25, 0.3) is 16.7 Å². The molecule has 0 spiro atoms. The Labute approximate surface area is 151 Å². The van der Waals surface area contributed by atoms with E-state index in [0.717, 1.165) is 5.39 Å². The fourth-order valence-electron chi connectivity index (χ4n) is 2.51. The topological polar surface area (TPSA) is 113 Å². The summed E-state index contributed by atoms with van der Waals surface area (Å²) in [6.45, 7) is 0.190. The summed E-state index contributed by atoms with van der Waals surface area (Å²) in [6, 6.07) is 14.1. The molecule has 0 aliphatic carbocycles. The molecule has 0 atom stereocenters. The Balaban J connectivity index is 1.47. The molecule has 2 aromatic heterocycles. The summed E-state index contributed by atoms with van der Waals surface area (Å²) in [7, 11) is 0. The molecule has 0 aliphatic rings. The molecule has 0 unspecified atom stereocenters. The molecule has 2 heterocycles. The van der Waals surface area contributed by atoms with Gasteiger partial charge in [-0.15, -0.1) is 5.10 Å². The van der Waals surface area contributed by atoms with Crippen LogP contribution in [0, 0.1) is 10.1 Å². The number of rotatable bonds is 5. The van der Waals surface area contributed by atoms with Crippen LogP contribution >= 0.6 is 0 Å². The highest BCUT2D eigenvalue weighted by molar-refractivity contribution is 5.77. The normalized spacial score (nSPS) is 10.8. The molecule has 0 saturated heterocycles. The van der Waals surface area contributed by atoms with Gasteiger partial charge in [0.1, 0.15) is 23.6 Å². The zero-order valence-corrected chi connectivity index (χ0v) is 13.8. The Morgan fingerprint density at radius 1 is 1.11 bits per heavy atom. The maximum absolute atomic E-state index is 11.2. The summed E-state index contributed by atoms with van der Waals surface area (Å²) in [5.74, 6) is 0.598. The Morgan fingerprint density at radius 3 is 2.70 bits per heavy atom. The molecule has 9 nitrogen and oxygen atoms in total. The summed E-state index contributed by atoms with van der Waals surface area (Å²) in [4.78, 5) is 21.4. The van der Waals surface area contributed by atoms with E-state index in [4.69, 9.17) is 9.15 Å². The average molecular weight is 364 g/mol. The summed E-state index contributed by atoms with van der Waals surface area (Å²) in [5, 5.41) is 19.5. The first-order chi connectivity index (χ1) is 13.1. The van der Waals surface area contributed by atoms with E-state index in [9.17, 15) is 14.9 Å². The zero-order valence-electron chi connectivity index (χ0n) is 13.8. The minimum atomic E-state index is -0.459. The van der Waals surface area contributed by atoms with Crippen LogP contribution in [0.4, 0.5) is 5.69 Å². The second kappa shape index (κ2) is 6.71. The highest BCUT2D eigenvalue weighted by Gasteiger charge is 2.08. The van der Waals surface area contributed by atoms with Crippen molar-refractivity contribution in [1.29, 1.82) is 0 Å². The first kappa shape index (κ1) is 16.5. The number of nitro groups is 1. The molecule has 0 N–H and O–H groups in total. The third-order valence-electron chi connectivity index (χ3n) is 3.84. The minimum absolute atomic E-state index is 0.00885. The highest BCUT2D eigenvalue weighted by atomic mass is 16.6. The Hall–Kier alpha value is -4.01. The lowest BCUT2D eigenvalue weighted by molar-refractivity contribution is -0.384. The smallest absolute Gasteiger partial charge is 0.336 e. The molecule has 4 aromatic rings. The van der Waals surface area contributed by atoms with Crippen molar-refractivity contribution in [3.8, 4) is 11.4 Å². The van der Waals surface area contributed by atoms with Crippen molar-refractivity contribution in [1.82, 2.24) is 15.0 Å². The standard InChI is InChI=1S/C18H12N4O5/c23-18-8-1-12-9-16(6-7-17(12)27-18)26-11-13-10-21(20-19-13)14-2-4-15(5-3-14)22(24)25/h1-10H,11H2. The number of nitro benzene ring substituents is 1. The van der Waals surface area contributed by atoms with Crippen LogP contribution in [0.5, 0.6) is 5.75 Å². The van der Waals surface area contributed by atoms with Crippen LogP contribution in [0.3, 0.4) is 0 Å². The number of benzene rings is 2. The van der Waals surface area contributed by atoms with Crippen molar-refractivity contribution in [2.45, 2.75) is 6.61 Å². The summed E-state index contributed by atoms with van der Waals surface area (Å²) in [5.41, 5.74) is 1.33. The molecule has 0 bridgehead atoms. The van der Waals surface area contributed by atoms with Crippen LogP contribution in [0.1, 0.15) is 5.69 Å². The van der Waals surface area contributed by atoms with Gasteiger partial charge < -0.3 is 9.15 Å². The van der Waals surface area contributed by atoms with Gasteiger partial charge in [-0.1, -0.05) is 5.21 Å². The molecular formula is C18H12N4O5. The third kappa shape index (κ3) is 3.52. The maximum atomic E-state index is 11.2. The number of nitrogens with zero attached hydrogens (tertiary/aromatic N) is 4. The number of non-ortho nitro benzene ring substituents is 1. The third-order valence-corrected chi connectivity index (χ3v) is 3.84. The molecule has 4 rings (SSSR count). The van der Waals surface area contributed by atoms with Gasteiger partial charge in [0.25, 0.3) is 5.69 Å². The van der Waals surface area contributed by atoms with Gasteiger partial charge in [-0.25, -0.2) is 9.48 Å². The molecule has 9 heteroatoms. The number of ether oxygens (including phenoxy) is 1. The summed E-state index contributed by atoms with van der Waals surface area (Å²) < 4.78 is 12.3. The second-order valence-electron chi connectivity index (χ2n) is 5.67. The first-order valence-electron chi connectivity index (χ1n) is 7.91. The Kier molecular flexibility index (Phi) is 4.09. The van der Waals surface area contributed by atoms with Gasteiger partial charge in [0.2, 0.25) is 0 Å². The van der Waals surface area contributed by atoms with Crippen molar-refractivity contribution in [3.63, 3.8) is 0 Å². The maximum Gasteiger partial charge on any atom is 0.336 e. The van der Waals surface area contributed by atoms with Crippen molar-refractivity contribution in [3.05, 3.63) is 87.0 Å². The molecule has 0 fully saturated rings. The fraction of sp³-hybridized carbons (Fsp3) is 0.0556. The van der Waals surface area contributed by atoms with Crippen molar-refractivity contribution >= 4 is 16.7 Å². The molecule has 0 amide bonds. The second-order valence-corrected chi connectivity index (χ2v) is 5.67. The molecular weight excluding hydrogens is 352 g/mol. The number of hydrogen-bond acceptors (Lipinski definition) is 7. The SMILES string of the molecule is O=c1ccc2cc(OCc3cn(-c4ccc([N+](=O)[O-])cc4)nn3)ccc2o1. The van der Waals surface area contributed by atoms with E-state index < -0.39 is 10.5 Å². The first-order valence-corrected chi connectivity index (χ1v) is 7.91. The number of aromatic nitrogens is 3. The van der Waals surface area contributed by atoms with E-state index in [0.29, 0.717) is 22.7 Å². The molecule has 2 aromatic carbocycles. The Morgan fingerprint density at radius 2 is 1.93 bits per heavy atom. The molecule has 134 valence electrons. The van der Waals surface area contributed by atoms with Crippen molar-refractivity contribution in [2.75, 3.05) is 0 Å². The van der Waals surface area contributed by atoms with Gasteiger partial charge in [-0.2, -0.15) is 0 Å². The van der Waals surface area contributed by atoms with Crippen LogP contribution in [0.15, 0.2) is 70.0 Å². The lowest BCUT2D eigenvalue weighted by atomic mass is 10.2. The summed E-state index contributed by atoms with van der Waals surface area (Å²) >= 11 is 0. The van der Waals surface area contributed by atoms with E-state index in [2.05, 4.69) is 10.3 Å². The monoisotopic (exact) mass is 364 g/mol. The number of fused-ring (bicyclic) bond motifs is 1. The minimum Gasteiger partial charge on any atom is -0.487 e. The predicted octanol–water partition coefficient (Wildman–Crippen LogP) is 2.86. The van der Waals surface area contributed by atoms with E-state index in [1.54, 1.807) is 42.6 Å². The van der Waals surface area contributed by atoms with Gasteiger partial charge in [0.05, 0.1) is 16.8 Å². The van der Waals surface area contributed by atoms with Crippen molar-refractivity contribution in [2.24, 2.45) is 0 Å². The fourth-order valence-corrected chi connectivity index (χ4v) is 2.51. The van der Waals surface area contributed by atoms with Gasteiger partial charge >= 0.3 is 5.63 Å². The largest absolute Gasteiger partial charge is 0.487 e. The molecule has 0 saturated carbocycles. The highest BCUT2D eigenvalue weighted by Crippen LogP contribution is 2.20. The molecule has 27 heavy (non-hydrogen) atoms. The van der Waals surface area contributed by atoms with Crippen LogP contribution < -0.4 is 10.4 Å². The zero-order chi connectivity index (χ0) is 18.8. The lowest BCUT2D eigenvalue weighted by Crippen LogP contribution is -1.97. The van der Waals surface area contributed by atoms with Gasteiger partial charge in [0, 0.05) is 23.6 Å². The average Bonchev–Trinajstić information content (AvgIpc) is 3.15. The van der Waals surface area contributed by atoms with Crippen LogP contribution in [-0.2, 0) is 6.61 Å². The Bertz CT molecular complexity index is 1180. The van der Waals surface area contributed by atoms with Gasteiger partial charge in [-0.05, 0) is 36.4 Å². The summed E-state index contributed by atoms with van der Waals surface area (Å²) in [6.07, 6.45) is 1.68. The van der Waals surface area contributed by atoms with E-state index in [1.807, 2.05) is 0 Å². The van der Waals surface area contributed by atoms with Gasteiger partial charge in [-0.3, -0.25) is 10.1 Å². The predicted molar refractivity (Wildman–Crippen MR) is 94.8 cm³/mol. The van der Waals surface area contributed by atoms with Crippen molar-refractivity contribution < 1.29 is 14.1 Å². The molecule has 0 radical (unpaired) electrons. The molecule has 0 aliphatic heterocycles. The van der Waals surface area contributed by atoms with Crippen LogP contribution in [-0.4, -0.2) is 19.9 Å². The van der Waals surface area contributed by atoms with E-state index in [1.165, 1.54) is 22.9 Å². The van der Waals surface area contributed by atoms with Crippen LogP contribution in [0.2, 0.25) is 0 Å².